The maximum Gasteiger partial charge on any atom is 0.276 e. The smallest absolute Gasteiger partial charge is 0.276 e. The number of hydrogen-bond acceptors (Lipinski definition) is 3. The number of ketones is 1. The summed E-state index contributed by atoms with van der Waals surface area (Å²) in [5.74, 6) is -0.453. The quantitative estimate of drug-likeness (QED) is 0.710. The van der Waals surface area contributed by atoms with Crippen molar-refractivity contribution in [1.29, 1.82) is 0 Å². The third-order valence-corrected chi connectivity index (χ3v) is 4.22. The molecule has 0 atom stereocenters. The largest absolute Gasteiger partial charge is 0.320 e. The summed E-state index contributed by atoms with van der Waals surface area (Å²) in [5, 5.41) is 7.13. The molecule has 3 rings (SSSR count). The maximum atomic E-state index is 12.9. The van der Waals surface area contributed by atoms with Crippen molar-refractivity contribution < 1.29 is 9.59 Å². The van der Waals surface area contributed by atoms with Gasteiger partial charge in [-0.15, -0.1) is 0 Å². The summed E-state index contributed by atoms with van der Waals surface area (Å²) in [6.07, 6.45) is 0. The second-order valence-corrected chi connectivity index (χ2v) is 6.19. The van der Waals surface area contributed by atoms with Crippen molar-refractivity contribution in [2.75, 3.05) is 5.32 Å². The lowest BCUT2D eigenvalue weighted by molar-refractivity contribution is 0.102. The summed E-state index contributed by atoms with van der Waals surface area (Å²) in [6, 6.07) is 16.2. The standard InChI is InChI=1S/C21H21N3O2/c1-4-24-15(3)13-19(23-24)21(26)22-18-11-10-14(2)12-17(18)20(25)16-8-6-5-7-9-16/h5-13H,4H2,1-3H3,(H,22,26). The molecule has 5 heteroatoms. The van der Waals surface area contributed by atoms with E-state index >= 15 is 0 Å². The van der Waals surface area contributed by atoms with Crippen molar-refractivity contribution in [3.63, 3.8) is 0 Å². The number of anilines is 1. The highest BCUT2D eigenvalue weighted by molar-refractivity contribution is 6.15. The Kier molecular flexibility index (Phi) is 4.98. The van der Waals surface area contributed by atoms with Gasteiger partial charge in [-0.25, -0.2) is 0 Å². The van der Waals surface area contributed by atoms with Gasteiger partial charge in [-0.2, -0.15) is 5.10 Å². The van der Waals surface area contributed by atoms with E-state index in [2.05, 4.69) is 10.4 Å². The Bertz CT molecular complexity index is 959. The number of carbonyl (C=O) groups excluding carboxylic acids is 2. The molecule has 0 spiro atoms. The van der Waals surface area contributed by atoms with E-state index in [4.69, 9.17) is 0 Å². The van der Waals surface area contributed by atoms with Gasteiger partial charge in [0.15, 0.2) is 11.5 Å². The van der Waals surface area contributed by atoms with Gasteiger partial charge in [0.25, 0.3) is 5.91 Å². The molecule has 1 aromatic heterocycles. The van der Waals surface area contributed by atoms with Crippen LogP contribution >= 0.6 is 0 Å². The number of nitrogens with zero attached hydrogens (tertiary/aromatic N) is 2. The molecular formula is C21H21N3O2. The van der Waals surface area contributed by atoms with Gasteiger partial charge in [0, 0.05) is 23.4 Å². The van der Waals surface area contributed by atoms with Gasteiger partial charge in [0.1, 0.15) is 0 Å². The summed E-state index contributed by atoms with van der Waals surface area (Å²) < 4.78 is 1.76. The van der Waals surface area contributed by atoms with Gasteiger partial charge in [-0.1, -0.05) is 42.0 Å². The molecule has 1 heterocycles. The molecule has 1 N–H and O–H groups in total. The highest BCUT2D eigenvalue weighted by atomic mass is 16.2. The van der Waals surface area contributed by atoms with Gasteiger partial charge in [-0.05, 0) is 39.0 Å². The predicted octanol–water partition coefficient (Wildman–Crippen LogP) is 4.00. The Balaban J connectivity index is 1.93. The van der Waals surface area contributed by atoms with Crippen LogP contribution < -0.4 is 5.32 Å². The molecule has 0 aliphatic carbocycles. The minimum Gasteiger partial charge on any atom is -0.320 e. The van der Waals surface area contributed by atoms with Crippen molar-refractivity contribution >= 4 is 17.4 Å². The lowest BCUT2D eigenvalue weighted by Crippen LogP contribution is -2.16. The lowest BCUT2D eigenvalue weighted by Gasteiger charge is -2.11. The zero-order valence-corrected chi connectivity index (χ0v) is 15.1. The third kappa shape index (κ3) is 3.57. The highest BCUT2D eigenvalue weighted by Crippen LogP contribution is 2.22. The first-order valence-corrected chi connectivity index (χ1v) is 8.55. The molecule has 5 nitrogen and oxygen atoms in total. The van der Waals surface area contributed by atoms with Crippen LogP contribution in [0.2, 0.25) is 0 Å². The van der Waals surface area contributed by atoms with E-state index in [1.165, 1.54) is 0 Å². The van der Waals surface area contributed by atoms with Crippen LogP contribution in [-0.4, -0.2) is 21.5 Å². The Morgan fingerprint density at radius 2 is 1.77 bits per heavy atom. The molecule has 0 saturated carbocycles. The van der Waals surface area contributed by atoms with Crippen LogP contribution in [0.1, 0.15) is 44.6 Å². The van der Waals surface area contributed by atoms with Crippen LogP contribution in [-0.2, 0) is 6.54 Å². The maximum absolute atomic E-state index is 12.9. The van der Waals surface area contributed by atoms with Crippen molar-refractivity contribution in [1.82, 2.24) is 9.78 Å². The first kappa shape index (κ1) is 17.6. The fourth-order valence-electron chi connectivity index (χ4n) is 2.83. The Labute approximate surface area is 152 Å². The number of aromatic nitrogens is 2. The lowest BCUT2D eigenvalue weighted by atomic mass is 9.99. The third-order valence-electron chi connectivity index (χ3n) is 4.22. The summed E-state index contributed by atoms with van der Waals surface area (Å²) >= 11 is 0. The second kappa shape index (κ2) is 7.35. The van der Waals surface area contributed by atoms with Crippen molar-refractivity contribution in [3.05, 3.63) is 82.7 Å². The fraction of sp³-hybridized carbons (Fsp3) is 0.190. The SMILES string of the molecule is CCn1nc(C(=O)Nc2ccc(C)cc2C(=O)c2ccccc2)cc1C. The van der Waals surface area contributed by atoms with Gasteiger partial charge >= 0.3 is 0 Å². The van der Waals surface area contributed by atoms with E-state index in [9.17, 15) is 9.59 Å². The van der Waals surface area contributed by atoms with Crippen LogP contribution in [0.3, 0.4) is 0 Å². The van der Waals surface area contributed by atoms with E-state index < -0.39 is 0 Å². The first-order chi connectivity index (χ1) is 12.5. The topological polar surface area (TPSA) is 64.0 Å². The number of carbonyl (C=O) groups is 2. The average molecular weight is 347 g/mol. The van der Waals surface area contributed by atoms with E-state index in [1.54, 1.807) is 35.0 Å². The summed E-state index contributed by atoms with van der Waals surface area (Å²) in [7, 11) is 0. The molecule has 3 aromatic rings. The molecule has 0 saturated heterocycles. The number of benzene rings is 2. The summed E-state index contributed by atoms with van der Waals surface area (Å²) in [5.41, 5.74) is 3.74. The average Bonchev–Trinajstić information content (AvgIpc) is 3.04. The van der Waals surface area contributed by atoms with Crippen LogP contribution in [0.15, 0.2) is 54.6 Å². The fourth-order valence-corrected chi connectivity index (χ4v) is 2.83. The molecule has 2 aromatic carbocycles. The van der Waals surface area contributed by atoms with Crippen molar-refractivity contribution in [2.45, 2.75) is 27.3 Å². The zero-order valence-electron chi connectivity index (χ0n) is 15.1. The van der Waals surface area contributed by atoms with E-state index in [-0.39, 0.29) is 11.7 Å². The van der Waals surface area contributed by atoms with Crippen LogP contribution in [0.25, 0.3) is 0 Å². The van der Waals surface area contributed by atoms with Crippen molar-refractivity contribution in [2.24, 2.45) is 0 Å². The molecule has 26 heavy (non-hydrogen) atoms. The summed E-state index contributed by atoms with van der Waals surface area (Å²) in [6.45, 7) is 6.49. The molecule has 132 valence electrons. The molecule has 1 amide bonds. The Hall–Kier alpha value is -3.21. The number of nitrogens with one attached hydrogen (secondary N) is 1. The molecule has 0 fully saturated rings. The number of hydrogen-bond donors (Lipinski definition) is 1. The summed E-state index contributed by atoms with van der Waals surface area (Å²) in [4.78, 5) is 25.5. The molecule has 0 radical (unpaired) electrons. The minimum atomic E-state index is -0.328. The van der Waals surface area contributed by atoms with Gasteiger partial charge in [0.05, 0.1) is 5.69 Å². The predicted molar refractivity (Wildman–Crippen MR) is 102 cm³/mol. The Morgan fingerprint density at radius 1 is 1.04 bits per heavy atom. The number of rotatable bonds is 5. The van der Waals surface area contributed by atoms with Crippen LogP contribution in [0.5, 0.6) is 0 Å². The zero-order chi connectivity index (χ0) is 18.7. The number of aryl methyl sites for hydroxylation is 3. The highest BCUT2D eigenvalue weighted by Gasteiger charge is 2.18. The number of amides is 1. The van der Waals surface area contributed by atoms with Crippen molar-refractivity contribution in [3.8, 4) is 0 Å². The van der Waals surface area contributed by atoms with Gasteiger partial charge < -0.3 is 5.32 Å². The molecule has 0 bridgehead atoms. The Morgan fingerprint density at radius 3 is 2.42 bits per heavy atom. The normalized spacial score (nSPS) is 10.6. The van der Waals surface area contributed by atoms with E-state index in [0.717, 1.165) is 11.3 Å². The van der Waals surface area contributed by atoms with Crippen LogP contribution in [0, 0.1) is 13.8 Å². The molecular weight excluding hydrogens is 326 g/mol. The molecule has 0 unspecified atom stereocenters. The van der Waals surface area contributed by atoms with E-state index in [0.29, 0.717) is 29.1 Å². The monoisotopic (exact) mass is 347 g/mol. The van der Waals surface area contributed by atoms with Crippen LogP contribution in [0.4, 0.5) is 5.69 Å². The van der Waals surface area contributed by atoms with Gasteiger partial charge in [-0.3, -0.25) is 14.3 Å². The molecule has 0 aliphatic rings. The van der Waals surface area contributed by atoms with Gasteiger partial charge in [0.2, 0.25) is 0 Å². The minimum absolute atomic E-state index is 0.125. The first-order valence-electron chi connectivity index (χ1n) is 8.55. The van der Waals surface area contributed by atoms with E-state index in [1.807, 2.05) is 45.0 Å². The molecule has 0 aliphatic heterocycles. The second-order valence-electron chi connectivity index (χ2n) is 6.19.